The van der Waals surface area contributed by atoms with Crippen molar-refractivity contribution in [3.05, 3.63) is 35.7 Å². The van der Waals surface area contributed by atoms with Gasteiger partial charge in [-0.2, -0.15) is 12.6 Å². The van der Waals surface area contributed by atoms with E-state index in [1.165, 1.54) is 24.1 Å². The third-order valence-electron chi connectivity index (χ3n) is 3.32. The van der Waals surface area contributed by atoms with Crippen LogP contribution in [0.15, 0.2) is 35.7 Å². The van der Waals surface area contributed by atoms with Gasteiger partial charge < -0.3 is 10.6 Å². The summed E-state index contributed by atoms with van der Waals surface area (Å²) in [4.78, 5) is 0. The predicted molar refractivity (Wildman–Crippen MR) is 83.8 cm³/mol. The number of thiol groups is 1. The lowest BCUT2D eigenvalue weighted by atomic mass is 9.89. The molecule has 0 bridgehead atoms. The Morgan fingerprint density at radius 2 is 2.06 bits per heavy atom. The van der Waals surface area contributed by atoms with Gasteiger partial charge >= 0.3 is 0 Å². The van der Waals surface area contributed by atoms with Gasteiger partial charge in [-0.3, -0.25) is 0 Å². The van der Waals surface area contributed by atoms with Gasteiger partial charge in [-0.25, -0.2) is 0 Å². The number of nitrogens with one attached hydrogen (secondary N) is 2. The Hall–Kier alpha value is -0.670. The van der Waals surface area contributed by atoms with Gasteiger partial charge in [0.05, 0.1) is 0 Å². The number of allylic oxidation sites excluding steroid dienone is 3. The lowest BCUT2D eigenvalue weighted by molar-refractivity contribution is 0.417. The van der Waals surface area contributed by atoms with Crippen molar-refractivity contribution in [2.75, 3.05) is 13.1 Å². The van der Waals surface area contributed by atoms with Crippen molar-refractivity contribution >= 4 is 12.6 Å². The first-order valence-corrected chi connectivity index (χ1v) is 7.32. The predicted octanol–water partition coefficient (Wildman–Crippen LogP) is 3.26. The first kappa shape index (κ1) is 15.4. The number of rotatable bonds is 5. The SMILES string of the molecule is C/C=C\C(N/C=C\C(C)S)=C(/C)C1CCNCC1. The van der Waals surface area contributed by atoms with Gasteiger partial charge in [0.25, 0.3) is 0 Å². The molecule has 1 unspecified atom stereocenters. The minimum absolute atomic E-state index is 0.281. The van der Waals surface area contributed by atoms with Gasteiger partial charge in [0, 0.05) is 10.9 Å². The summed E-state index contributed by atoms with van der Waals surface area (Å²) in [6.45, 7) is 8.63. The molecule has 0 radical (unpaired) electrons. The quantitative estimate of drug-likeness (QED) is 0.525. The summed E-state index contributed by atoms with van der Waals surface area (Å²) in [5.41, 5.74) is 2.70. The van der Waals surface area contributed by atoms with E-state index in [4.69, 9.17) is 0 Å². The molecule has 18 heavy (non-hydrogen) atoms. The Labute approximate surface area is 117 Å². The fourth-order valence-electron chi connectivity index (χ4n) is 2.21. The van der Waals surface area contributed by atoms with Crippen molar-refractivity contribution in [3.8, 4) is 0 Å². The highest BCUT2D eigenvalue weighted by Gasteiger charge is 2.16. The Kier molecular flexibility index (Phi) is 7.21. The normalized spacial score (nSPS) is 21.3. The van der Waals surface area contributed by atoms with E-state index in [0.717, 1.165) is 13.1 Å². The van der Waals surface area contributed by atoms with Crippen LogP contribution in [0.2, 0.25) is 0 Å². The second-order valence-corrected chi connectivity index (χ2v) is 5.68. The summed E-state index contributed by atoms with van der Waals surface area (Å²) in [5.74, 6) is 0.701. The highest BCUT2D eigenvalue weighted by Crippen LogP contribution is 2.23. The third kappa shape index (κ3) is 5.32. The average molecular weight is 266 g/mol. The summed E-state index contributed by atoms with van der Waals surface area (Å²) in [6.07, 6.45) is 10.8. The van der Waals surface area contributed by atoms with Gasteiger partial charge in [0.15, 0.2) is 0 Å². The molecule has 102 valence electrons. The highest BCUT2D eigenvalue weighted by atomic mass is 32.1. The van der Waals surface area contributed by atoms with E-state index in [1.807, 2.05) is 6.20 Å². The van der Waals surface area contributed by atoms with Gasteiger partial charge in [0.2, 0.25) is 0 Å². The molecule has 1 aliphatic rings. The fraction of sp³-hybridized carbons (Fsp3) is 0.600. The maximum Gasteiger partial charge on any atom is 0.0368 e. The van der Waals surface area contributed by atoms with Gasteiger partial charge in [-0.15, -0.1) is 0 Å². The number of hydrogen-bond acceptors (Lipinski definition) is 3. The molecule has 1 rings (SSSR count). The van der Waals surface area contributed by atoms with E-state index in [-0.39, 0.29) is 5.25 Å². The molecular formula is C15H26N2S. The largest absolute Gasteiger partial charge is 0.362 e. The average Bonchev–Trinajstić information content (AvgIpc) is 2.37. The van der Waals surface area contributed by atoms with E-state index in [2.05, 4.69) is 62.3 Å². The smallest absolute Gasteiger partial charge is 0.0368 e. The van der Waals surface area contributed by atoms with Crippen LogP contribution < -0.4 is 10.6 Å². The molecule has 0 aromatic heterocycles. The van der Waals surface area contributed by atoms with Crippen LogP contribution in [0.3, 0.4) is 0 Å². The maximum absolute atomic E-state index is 4.34. The van der Waals surface area contributed by atoms with E-state index in [1.54, 1.807) is 0 Å². The summed E-state index contributed by atoms with van der Waals surface area (Å²) in [6, 6.07) is 0. The lowest BCUT2D eigenvalue weighted by Gasteiger charge is -2.25. The van der Waals surface area contributed by atoms with Crippen LogP contribution in [-0.2, 0) is 0 Å². The summed E-state index contributed by atoms with van der Waals surface area (Å²) < 4.78 is 0. The van der Waals surface area contributed by atoms with Crippen molar-refractivity contribution < 1.29 is 0 Å². The first-order valence-electron chi connectivity index (χ1n) is 6.80. The Morgan fingerprint density at radius 1 is 1.39 bits per heavy atom. The number of piperidine rings is 1. The minimum Gasteiger partial charge on any atom is -0.362 e. The molecule has 0 spiro atoms. The van der Waals surface area contributed by atoms with Crippen LogP contribution in [0.4, 0.5) is 0 Å². The maximum atomic E-state index is 4.34. The second kappa shape index (κ2) is 8.44. The monoisotopic (exact) mass is 266 g/mol. The molecule has 3 heteroatoms. The molecule has 0 saturated carbocycles. The van der Waals surface area contributed by atoms with E-state index in [9.17, 15) is 0 Å². The highest BCUT2D eigenvalue weighted by molar-refractivity contribution is 7.81. The van der Waals surface area contributed by atoms with Crippen LogP contribution in [0.5, 0.6) is 0 Å². The van der Waals surface area contributed by atoms with E-state index >= 15 is 0 Å². The Balaban J connectivity index is 2.73. The third-order valence-corrected chi connectivity index (χ3v) is 3.50. The Morgan fingerprint density at radius 3 is 2.61 bits per heavy atom. The van der Waals surface area contributed by atoms with Crippen molar-refractivity contribution in [1.29, 1.82) is 0 Å². The topological polar surface area (TPSA) is 24.1 Å². The molecule has 2 nitrogen and oxygen atoms in total. The second-order valence-electron chi connectivity index (χ2n) is 4.87. The lowest BCUT2D eigenvalue weighted by Crippen LogP contribution is -2.29. The van der Waals surface area contributed by atoms with Crippen molar-refractivity contribution in [2.24, 2.45) is 5.92 Å². The van der Waals surface area contributed by atoms with Crippen LogP contribution in [0.1, 0.15) is 33.6 Å². The summed E-state index contributed by atoms with van der Waals surface area (Å²) in [5, 5.41) is 7.09. The van der Waals surface area contributed by atoms with Gasteiger partial charge in [-0.05, 0) is 70.5 Å². The van der Waals surface area contributed by atoms with Gasteiger partial charge in [0.1, 0.15) is 0 Å². The van der Waals surface area contributed by atoms with Crippen molar-refractivity contribution in [2.45, 2.75) is 38.9 Å². The number of hydrogen-bond donors (Lipinski definition) is 3. The zero-order valence-corrected chi connectivity index (χ0v) is 12.6. The van der Waals surface area contributed by atoms with E-state index < -0.39 is 0 Å². The fourth-order valence-corrected chi connectivity index (χ4v) is 2.30. The zero-order valence-electron chi connectivity index (χ0n) is 11.7. The molecule has 1 saturated heterocycles. The molecule has 0 aliphatic carbocycles. The van der Waals surface area contributed by atoms with Crippen LogP contribution in [0.25, 0.3) is 0 Å². The molecule has 0 aromatic rings. The molecule has 1 aliphatic heterocycles. The molecule has 0 aromatic carbocycles. The summed E-state index contributed by atoms with van der Waals surface area (Å²) in [7, 11) is 0. The minimum atomic E-state index is 0.281. The molecule has 1 fully saturated rings. The standard InChI is InChI=1S/C15H26N2S/c1-4-5-15(17-11-6-12(2)18)13(3)14-7-9-16-10-8-14/h4-6,11-12,14,16-18H,7-10H2,1-3H3/b5-4-,11-6-,15-13-. The van der Waals surface area contributed by atoms with Gasteiger partial charge in [-0.1, -0.05) is 12.2 Å². The first-order chi connectivity index (χ1) is 8.65. The van der Waals surface area contributed by atoms with Crippen LogP contribution in [0, 0.1) is 5.92 Å². The molecule has 0 amide bonds. The molecular weight excluding hydrogens is 240 g/mol. The van der Waals surface area contributed by atoms with E-state index in [0.29, 0.717) is 5.92 Å². The molecule has 1 heterocycles. The molecule has 1 atom stereocenters. The Bertz CT molecular complexity index is 323. The van der Waals surface area contributed by atoms with Crippen LogP contribution >= 0.6 is 12.6 Å². The zero-order chi connectivity index (χ0) is 13.4. The summed E-state index contributed by atoms with van der Waals surface area (Å²) >= 11 is 4.34. The van der Waals surface area contributed by atoms with Crippen molar-refractivity contribution in [3.63, 3.8) is 0 Å². The van der Waals surface area contributed by atoms with Crippen LogP contribution in [-0.4, -0.2) is 18.3 Å². The molecule has 2 N–H and O–H groups in total. The van der Waals surface area contributed by atoms with Crippen molar-refractivity contribution in [1.82, 2.24) is 10.6 Å².